The van der Waals surface area contributed by atoms with E-state index in [1.165, 1.54) is 19.1 Å². The Balaban J connectivity index is 0.00000161. The van der Waals surface area contributed by atoms with Gasteiger partial charge in [-0.15, -0.1) is 12.4 Å². The summed E-state index contributed by atoms with van der Waals surface area (Å²) in [4.78, 5) is 2.46. The van der Waals surface area contributed by atoms with Gasteiger partial charge in [0.2, 0.25) is 0 Å². The molecular weight excluding hydrogens is 291 g/mol. The summed E-state index contributed by atoms with van der Waals surface area (Å²) >= 11 is 0. The van der Waals surface area contributed by atoms with Crippen LogP contribution in [0.2, 0.25) is 0 Å². The van der Waals surface area contributed by atoms with Crippen LogP contribution < -0.4 is 10.1 Å². The first-order chi connectivity index (χ1) is 9.59. The molecule has 3 rings (SSSR count). The van der Waals surface area contributed by atoms with E-state index in [1.807, 2.05) is 6.07 Å². The summed E-state index contributed by atoms with van der Waals surface area (Å²) in [6.07, 6.45) is 2.21. The quantitative estimate of drug-likeness (QED) is 0.928. The molecule has 5 heteroatoms. The van der Waals surface area contributed by atoms with Gasteiger partial charge in [0.1, 0.15) is 0 Å². The first-order valence-electron chi connectivity index (χ1n) is 7.38. The van der Waals surface area contributed by atoms with E-state index in [4.69, 9.17) is 4.74 Å². The van der Waals surface area contributed by atoms with Crippen LogP contribution in [-0.4, -0.2) is 38.2 Å². The number of benzene rings is 1. The van der Waals surface area contributed by atoms with Gasteiger partial charge in [-0.25, -0.2) is 4.39 Å². The molecule has 2 heterocycles. The highest BCUT2D eigenvalue weighted by Crippen LogP contribution is 2.30. The third kappa shape index (κ3) is 3.50. The molecule has 1 aromatic carbocycles. The largest absolute Gasteiger partial charge is 0.494 e. The topological polar surface area (TPSA) is 24.5 Å². The summed E-state index contributed by atoms with van der Waals surface area (Å²) in [5.41, 5.74) is 2.71. The van der Waals surface area contributed by atoms with Crippen LogP contribution in [0.4, 0.5) is 4.39 Å². The fourth-order valence-corrected chi connectivity index (χ4v) is 3.45. The highest BCUT2D eigenvalue weighted by Gasteiger charge is 2.31. The zero-order valence-electron chi connectivity index (χ0n) is 12.7. The number of halogens is 2. The van der Waals surface area contributed by atoms with Crippen LogP contribution in [0.15, 0.2) is 12.1 Å². The number of hydrogen-bond acceptors (Lipinski definition) is 3. The maximum Gasteiger partial charge on any atom is 0.165 e. The lowest BCUT2D eigenvalue weighted by molar-refractivity contribution is 0.164. The van der Waals surface area contributed by atoms with Gasteiger partial charge in [0.15, 0.2) is 11.6 Å². The van der Waals surface area contributed by atoms with Crippen LogP contribution in [0, 0.1) is 11.2 Å². The van der Waals surface area contributed by atoms with Crippen LogP contribution in [0.3, 0.4) is 0 Å². The van der Waals surface area contributed by atoms with Crippen molar-refractivity contribution in [1.29, 1.82) is 0 Å². The second-order valence-electron chi connectivity index (χ2n) is 6.45. The Morgan fingerprint density at radius 1 is 1.38 bits per heavy atom. The molecule has 2 aliphatic rings. The minimum Gasteiger partial charge on any atom is -0.494 e. The number of ether oxygens (including phenoxy) is 1. The molecule has 1 N–H and O–H groups in total. The Labute approximate surface area is 132 Å². The molecule has 1 aromatic rings. The van der Waals surface area contributed by atoms with Crippen molar-refractivity contribution in [2.75, 3.05) is 33.3 Å². The van der Waals surface area contributed by atoms with Crippen LogP contribution in [-0.2, 0) is 13.0 Å². The van der Waals surface area contributed by atoms with Crippen LogP contribution in [0.1, 0.15) is 24.5 Å². The lowest BCUT2D eigenvalue weighted by Gasteiger charge is -2.35. The van der Waals surface area contributed by atoms with E-state index in [1.54, 1.807) is 6.07 Å². The highest BCUT2D eigenvalue weighted by atomic mass is 35.5. The lowest BCUT2D eigenvalue weighted by atomic mass is 9.88. The number of hydrogen-bond donors (Lipinski definition) is 1. The zero-order chi connectivity index (χ0) is 14.2. The summed E-state index contributed by atoms with van der Waals surface area (Å²) < 4.78 is 18.9. The second kappa shape index (κ2) is 6.51. The molecule has 118 valence electrons. The van der Waals surface area contributed by atoms with E-state index >= 15 is 0 Å². The Bertz CT molecular complexity index is 503. The number of nitrogens with one attached hydrogen (secondary N) is 1. The van der Waals surface area contributed by atoms with Crippen LogP contribution in [0.25, 0.3) is 0 Å². The molecule has 0 radical (unpaired) electrons. The first-order valence-corrected chi connectivity index (χ1v) is 7.38. The average Bonchev–Trinajstić information content (AvgIpc) is 2.84. The summed E-state index contributed by atoms with van der Waals surface area (Å²) in [6, 6.07) is 3.51. The smallest absolute Gasteiger partial charge is 0.165 e. The fourth-order valence-electron chi connectivity index (χ4n) is 3.45. The molecule has 0 bridgehead atoms. The molecule has 0 aliphatic carbocycles. The number of nitrogens with zero attached hydrogens (tertiary/aromatic N) is 1. The van der Waals surface area contributed by atoms with Gasteiger partial charge in [-0.05, 0) is 48.1 Å². The van der Waals surface area contributed by atoms with Crippen molar-refractivity contribution >= 4 is 12.4 Å². The zero-order valence-corrected chi connectivity index (χ0v) is 13.6. The maximum absolute atomic E-state index is 13.8. The monoisotopic (exact) mass is 314 g/mol. The maximum atomic E-state index is 13.8. The van der Waals surface area contributed by atoms with Crippen LogP contribution >= 0.6 is 12.4 Å². The average molecular weight is 315 g/mol. The Kier molecular flexibility index (Phi) is 5.12. The first kappa shape index (κ1) is 16.5. The summed E-state index contributed by atoms with van der Waals surface area (Å²) in [7, 11) is 1.52. The molecule has 21 heavy (non-hydrogen) atoms. The lowest BCUT2D eigenvalue weighted by Crippen LogP contribution is -2.40. The third-order valence-electron chi connectivity index (χ3n) is 4.63. The minimum absolute atomic E-state index is 0. The van der Waals surface area contributed by atoms with Crippen molar-refractivity contribution in [3.05, 3.63) is 29.1 Å². The SMILES string of the molecule is COc1cc2c(cc1F)CN(CC1(C)CCNC1)CC2.Cl. The molecule has 0 aromatic heterocycles. The van der Waals surface area contributed by atoms with Gasteiger partial charge < -0.3 is 10.1 Å². The van der Waals surface area contributed by atoms with Crippen molar-refractivity contribution in [3.8, 4) is 5.75 Å². The number of methoxy groups -OCH3 is 1. The standard InChI is InChI=1S/C16H23FN2O.ClH/c1-16(4-5-18-10-16)11-19-6-3-12-8-15(20-2)14(17)7-13(12)9-19;/h7-8,18H,3-6,9-11H2,1-2H3;1H. The molecule has 1 saturated heterocycles. The van der Waals surface area contributed by atoms with E-state index < -0.39 is 0 Å². The second-order valence-corrected chi connectivity index (χ2v) is 6.45. The van der Waals surface area contributed by atoms with Gasteiger partial charge in [-0.3, -0.25) is 4.90 Å². The molecule has 2 aliphatic heterocycles. The number of fused-ring (bicyclic) bond motifs is 1. The van der Waals surface area contributed by atoms with E-state index in [9.17, 15) is 4.39 Å². The summed E-state index contributed by atoms with van der Waals surface area (Å²) in [5.74, 6) is 0.117. The molecule has 1 unspecified atom stereocenters. The van der Waals surface area contributed by atoms with Gasteiger partial charge in [0, 0.05) is 26.2 Å². The van der Waals surface area contributed by atoms with Crippen molar-refractivity contribution in [2.24, 2.45) is 5.41 Å². The molecule has 0 spiro atoms. The number of rotatable bonds is 3. The molecule has 3 nitrogen and oxygen atoms in total. The molecule has 1 fully saturated rings. The summed E-state index contributed by atoms with van der Waals surface area (Å²) in [6.45, 7) is 7.55. The van der Waals surface area contributed by atoms with Gasteiger partial charge in [0.05, 0.1) is 7.11 Å². The minimum atomic E-state index is -0.248. The van der Waals surface area contributed by atoms with E-state index in [0.717, 1.165) is 44.7 Å². The normalized spacial score (nSPS) is 25.3. The van der Waals surface area contributed by atoms with Crippen molar-refractivity contribution in [2.45, 2.75) is 26.3 Å². The van der Waals surface area contributed by atoms with Gasteiger partial charge in [-0.1, -0.05) is 6.92 Å². The fraction of sp³-hybridized carbons (Fsp3) is 0.625. The van der Waals surface area contributed by atoms with Crippen molar-refractivity contribution < 1.29 is 9.13 Å². The van der Waals surface area contributed by atoms with Crippen molar-refractivity contribution in [3.63, 3.8) is 0 Å². The molecule has 1 atom stereocenters. The predicted molar refractivity (Wildman–Crippen MR) is 84.8 cm³/mol. The van der Waals surface area contributed by atoms with E-state index in [-0.39, 0.29) is 18.2 Å². The molecule has 0 amide bonds. The molecule has 0 saturated carbocycles. The predicted octanol–water partition coefficient (Wildman–Crippen LogP) is 2.61. The van der Waals surface area contributed by atoms with Gasteiger partial charge in [0.25, 0.3) is 0 Å². The summed E-state index contributed by atoms with van der Waals surface area (Å²) in [5, 5.41) is 3.44. The third-order valence-corrected chi connectivity index (χ3v) is 4.63. The van der Waals surface area contributed by atoms with E-state index in [2.05, 4.69) is 17.1 Å². The van der Waals surface area contributed by atoms with Gasteiger partial charge >= 0.3 is 0 Å². The Hall–Kier alpha value is -0.840. The Morgan fingerprint density at radius 3 is 2.86 bits per heavy atom. The van der Waals surface area contributed by atoms with Crippen LogP contribution in [0.5, 0.6) is 5.75 Å². The Morgan fingerprint density at radius 2 is 2.19 bits per heavy atom. The van der Waals surface area contributed by atoms with Crippen molar-refractivity contribution in [1.82, 2.24) is 10.2 Å². The van der Waals surface area contributed by atoms with E-state index in [0.29, 0.717) is 11.2 Å². The highest BCUT2D eigenvalue weighted by molar-refractivity contribution is 5.85. The molecular formula is C16H24ClFN2O. The van der Waals surface area contributed by atoms with Gasteiger partial charge in [-0.2, -0.15) is 0 Å².